The summed E-state index contributed by atoms with van der Waals surface area (Å²) in [5, 5.41) is 11.6. The van der Waals surface area contributed by atoms with Crippen molar-refractivity contribution < 1.29 is 31.4 Å². The Balaban J connectivity index is 1.41. The van der Waals surface area contributed by atoms with Crippen molar-refractivity contribution in [2.45, 2.75) is 115 Å². The summed E-state index contributed by atoms with van der Waals surface area (Å²) < 4.78 is 86.5. The van der Waals surface area contributed by atoms with Crippen LogP contribution in [0.1, 0.15) is 142 Å². The number of pyridine rings is 2. The first-order valence-electron chi connectivity index (χ1n) is 17.8. The SMILES string of the molecule is CC(C)/C=C/c1ccc(N2CCC(c3nc4c(c(C5CCC(F)(F)CC5)c3C(F)c3ccc(C(F)(F)F)cc3)C(O)CC(C)(C)C4)CC2)nc1. The standard InChI is InChI=1S/C40H47F6N3O/c1-24(2)5-6-25-7-12-32(47-23-25)49-19-15-28(16-20-49)37-35(36(41)27-8-10-29(11-9-27)40(44,45)46)33(26-13-17-39(42,43)18-14-26)34-30(48-37)21-38(3,4)22-31(34)50/h5-12,23-24,26,28,31,36,50H,13-22H2,1-4H3/b6-5+. The van der Waals surface area contributed by atoms with Crippen LogP contribution in [0.15, 0.2) is 48.7 Å². The summed E-state index contributed by atoms with van der Waals surface area (Å²) in [4.78, 5) is 12.0. The predicted octanol–water partition coefficient (Wildman–Crippen LogP) is 10.9. The highest BCUT2D eigenvalue weighted by atomic mass is 19.4. The molecule has 3 heterocycles. The average Bonchev–Trinajstić information content (AvgIpc) is 3.06. The lowest BCUT2D eigenvalue weighted by Crippen LogP contribution is -2.35. The summed E-state index contributed by atoms with van der Waals surface area (Å²) in [6.07, 6.45) is 0.369. The quantitative estimate of drug-likeness (QED) is 0.250. The molecule has 2 fully saturated rings. The Kier molecular flexibility index (Phi) is 10.2. The molecular weight excluding hydrogens is 652 g/mol. The van der Waals surface area contributed by atoms with Gasteiger partial charge >= 0.3 is 6.18 Å². The summed E-state index contributed by atoms with van der Waals surface area (Å²) in [6, 6.07) is 8.08. The van der Waals surface area contributed by atoms with Crippen LogP contribution in [0.4, 0.5) is 32.2 Å². The van der Waals surface area contributed by atoms with Gasteiger partial charge in [-0.25, -0.2) is 18.2 Å². The van der Waals surface area contributed by atoms with Crippen molar-refractivity contribution in [2.24, 2.45) is 11.3 Å². The number of hydrogen-bond acceptors (Lipinski definition) is 4. The molecule has 1 N–H and O–H groups in total. The van der Waals surface area contributed by atoms with Crippen LogP contribution < -0.4 is 4.90 Å². The van der Waals surface area contributed by atoms with E-state index in [1.807, 2.05) is 38.3 Å². The van der Waals surface area contributed by atoms with E-state index in [-0.39, 0.29) is 48.1 Å². The lowest BCUT2D eigenvalue weighted by molar-refractivity contribution is -0.137. The fourth-order valence-corrected chi connectivity index (χ4v) is 8.08. The van der Waals surface area contributed by atoms with Gasteiger partial charge < -0.3 is 10.0 Å². The summed E-state index contributed by atoms with van der Waals surface area (Å²) in [5.74, 6) is -2.17. The molecule has 50 heavy (non-hydrogen) atoms. The number of alkyl halides is 6. The third-order valence-electron chi connectivity index (χ3n) is 10.7. The number of nitrogens with zero attached hydrogens (tertiary/aromatic N) is 3. The lowest BCUT2D eigenvalue weighted by Gasteiger charge is -2.41. The average molecular weight is 700 g/mol. The number of allylic oxidation sites excluding steroid dienone is 1. The van der Waals surface area contributed by atoms with Gasteiger partial charge in [-0.1, -0.05) is 52.0 Å². The fourth-order valence-electron chi connectivity index (χ4n) is 8.08. The first-order chi connectivity index (χ1) is 23.5. The monoisotopic (exact) mass is 699 g/mol. The van der Waals surface area contributed by atoms with E-state index in [2.05, 4.69) is 29.8 Å². The summed E-state index contributed by atoms with van der Waals surface area (Å²) in [6.45, 7) is 9.58. The Morgan fingerprint density at radius 3 is 2.16 bits per heavy atom. The molecule has 3 aromatic rings. The van der Waals surface area contributed by atoms with Gasteiger partial charge in [-0.3, -0.25) is 4.98 Å². The van der Waals surface area contributed by atoms with Crippen molar-refractivity contribution in [3.8, 4) is 0 Å². The lowest BCUT2D eigenvalue weighted by atomic mass is 9.68. The van der Waals surface area contributed by atoms with Crippen molar-refractivity contribution in [2.75, 3.05) is 18.0 Å². The second-order valence-electron chi connectivity index (χ2n) is 15.7. The van der Waals surface area contributed by atoms with E-state index < -0.39 is 35.9 Å². The maximum atomic E-state index is 17.2. The minimum Gasteiger partial charge on any atom is -0.388 e. The maximum absolute atomic E-state index is 17.2. The minimum atomic E-state index is -4.58. The Bertz CT molecular complexity index is 1670. The smallest absolute Gasteiger partial charge is 0.388 e. The summed E-state index contributed by atoms with van der Waals surface area (Å²) in [5.41, 5.74) is 2.42. The molecular formula is C40H47F6N3O. The molecule has 2 atom stereocenters. The van der Waals surface area contributed by atoms with Crippen molar-refractivity contribution in [1.82, 2.24) is 9.97 Å². The van der Waals surface area contributed by atoms with Crippen molar-refractivity contribution in [1.29, 1.82) is 0 Å². The van der Waals surface area contributed by atoms with E-state index in [9.17, 15) is 27.1 Å². The second-order valence-corrected chi connectivity index (χ2v) is 15.7. The van der Waals surface area contributed by atoms with Gasteiger partial charge in [-0.05, 0) is 96.7 Å². The Hall–Kier alpha value is -3.40. The molecule has 1 saturated heterocycles. The van der Waals surface area contributed by atoms with Gasteiger partial charge in [0.1, 0.15) is 5.82 Å². The summed E-state index contributed by atoms with van der Waals surface area (Å²) in [7, 11) is 0. The Morgan fingerprint density at radius 2 is 1.58 bits per heavy atom. The third-order valence-corrected chi connectivity index (χ3v) is 10.7. The maximum Gasteiger partial charge on any atom is 0.416 e. The molecule has 0 bridgehead atoms. The van der Waals surface area contributed by atoms with E-state index in [0.29, 0.717) is 67.2 Å². The van der Waals surface area contributed by atoms with Crippen molar-refractivity contribution in [3.05, 3.63) is 93.4 Å². The normalized spacial score (nSPS) is 22.2. The molecule has 6 rings (SSSR count). The number of rotatable bonds is 7. The van der Waals surface area contributed by atoms with Gasteiger partial charge in [-0.2, -0.15) is 13.2 Å². The zero-order valence-corrected chi connectivity index (χ0v) is 29.2. The topological polar surface area (TPSA) is 49.2 Å². The molecule has 0 radical (unpaired) electrons. The van der Waals surface area contributed by atoms with E-state index in [0.717, 1.165) is 35.6 Å². The number of aliphatic hydroxyl groups excluding tert-OH is 1. The molecule has 1 saturated carbocycles. The number of halogens is 6. The van der Waals surface area contributed by atoms with Crippen LogP contribution in [0.25, 0.3) is 6.08 Å². The van der Waals surface area contributed by atoms with Crippen LogP contribution >= 0.6 is 0 Å². The van der Waals surface area contributed by atoms with Crippen molar-refractivity contribution >= 4 is 11.9 Å². The molecule has 270 valence electrons. The second kappa shape index (κ2) is 14.0. The van der Waals surface area contributed by atoms with Crippen LogP contribution in [-0.2, 0) is 12.6 Å². The minimum absolute atomic E-state index is 0.0438. The van der Waals surface area contributed by atoms with Gasteiger partial charge in [0.25, 0.3) is 0 Å². The number of aliphatic hydroxyl groups is 1. The Labute approximate surface area is 291 Å². The molecule has 1 aromatic carbocycles. The van der Waals surface area contributed by atoms with E-state index in [1.165, 1.54) is 0 Å². The van der Waals surface area contributed by atoms with E-state index in [4.69, 9.17) is 4.98 Å². The van der Waals surface area contributed by atoms with Gasteiger partial charge in [0.05, 0.1) is 17.4 Å². The summed E-state index contributed by atoms with van der Waals surface area (Å²) >= 11 is 0. The highest BCUT2D eigenvalue weighted by molar-refractivity contribution is 5.53. The van der Waals surface area contributed by atoms with Gasteiger partial charge in [-0.15, -0.1) is 0 Å². The molecule has 0 amide bonds. The Morgan fingerprint density at radius 1 is 0.920 bits per heavy atom. The number of piperidine rings is 1. The highest BCUT2D eigenvalue weighted by Gasteiger charge is 2.43. The number of benzene rings is 1. The van der Waals surface area contributed by atoms with E-state index in [1.54, 1.807) is 0 Å². The molecule has 10 heteroatoms. The predicted molar refractivity (Wildman–Crippen MR) is 184 cm³/mol. The van der Waals surface area contributed by atoms with Crippen LogP contribution in [0, 0.1) is 11.3 Å². The zero-order chi connectivity index (χ0) is 36.0. The van der Waals surface area contributed by atoms with Gasteiger partial charge in [0.2, 0.25) is 5.92 Å². The zero-order valence-electron chi connectivity index (χ0n) is 29.2. The highest BCUT2D eigenvalue weighted by Crippen LogP contribution is 2.52. The molecule has 2 aliphatic carbocycles. The van der Waals surface area contributed by atoms with Crippen LogP contribution in [0.3, 0.4) is 0 Å². The first kappa shape index (κ1) is 36.4. The molecule has 1 aliphatic heterocycles. The number of fused-ring (bicyclic) bond motifs is 1. The largest absolute Gasteiger partial charge is 0.416 e. The van der Waals surface area contributed by atoms with Crippen molar-refractivity contribution in [3.63, 3.8) is 0 Å². The van der Waals surface area contributed by atoms with Gasteiger partial charge in [0.15, 0.2) is 6.17 Å². The molecule has 0 spiro atoms. The van der Waals surface area contributed by atoms with E-state index >= 15 is 4.39 Å². The molecule has 2 aromatic heterocycles. The number of anilines is 1. The fraction of sp³-hybridized carbons (Fsp3) is 0.550. The number of hydrogen-bond donors (Lipinski definition) is 1. The number of aromatic nitrogens is 2. The molecule has 3 aliphatic rings. The van der Waals surface area contributed by atoms with Crippen LogP contribution in [0.2, 0.25) is 0 Å². The molecule has 2 unspecified atom stereocenters. The van der Waals surface area contributed by atoms with Gasteiger partial charge in [0, 0.05) is 54.9 Å². The van der Waals surface area contributed by atoms with Crippen LogP contribution in [0.5, 0.6) is 0 Å². The third kappa shape index (κ3) is 7.90. The first-order valence-corrected chi connectivity index (χ1v) is 17.8. The molecule has 4 nitrogen and oxygen atoms in total. The van der Waals surface area contributed by atoms with Crippen LogP contribution in [-0.4, -0.2) is 34.1 Å².